The monoisotopic (exact) mass is 268 g/mol. The third kappa shape index (κ3) is 3.98. The summed E-state index contributed by atoms with van der Waals surface area (Å²) >= 11 is 3.74. The first-order valence-corrected chi connectivity index (χ1v) is 6.76. The predicted octanol–water partition coefficient (Wildman–Crippen LogP) is 4.80. The molecule has 1 unspecified atom stereocenters. The first kappa shape index (κ1) is 12.8. The highest BCUT2D eigenvalue weighted by atomic mass is 79.9. The van der Waals surface area contributed by atoms with E-state index in [1.165, 1.54) is 42.4 Å². The van der Waals surface area contributed by atoms with Gasteiger partial charge >= 0.3 is 0 Å². The molecule has 0 saturated heterocycles. The number of hydrogen-bond acceptors (Lipinski definition) is 0. The van der Waals surface area contributed by atoms with E-state index in [4.69, 9.17) is 0 Å². The Morgan fingerprint density at radius 3 is 2.60 bits per heavy atom. The molecule has 0 nitrogen and oxygen atoms in total. The van der Waals surface area contributed by atoms with Crippen molar-refractivity contribution >= 4 is 15.9 Å². The highest BCUT2D eigenvalue weighted by Gasteiger charge is 2.05. The van der Waals surface area contributed by atoms with Crippen LogP contribution in [0.5, 0.6) is 0 Å². The van der Waals surface area contributed by atoms with Crippen molar-refractivity contribution in [2.75, 3.05) is 0 Å². The predicted molar refractivity (Wildman–Crippen MR) is 71.9 cm³/mol. The van der Waals surface area contributed by atoms with E-state index < -0.39 is 0 Å². The summed E-state index contributed by atoms with van der Waals surface area (Å²) in [5.41, 5.74) is 4.39. The van der Waals surface area contributed by atoms with E-state index in [-0.39, 0.29) is 0 Å². The molecule has 0 bridgehead atoms. The van der Waals surface area contributed by atoms with Gasteiger partial charge in [-0.15, -0.1) is 0 Å². The fourth-order valence-corrected chi connectivity index (χ4v) is 2.54. The van der Waals surface area contributed by atoms with Crippen molar-refractivity contribution in [3.05, 3.63) is 34.9 Å². The van der Waals surface area contributed by atoms with Gasteiger partial charge < -0.3 is 0 Å². The molecule has 0 saturated carbocycles. The van der Waals surface area contributed by atoms with Crippen LogP contribution in [-0.2, 0) is 6.42 Å². The van der Waals surface area contributed by atoms with Gasteiger partial charge in [0, 0.05) is 4.83 Å². The molecule has 84 valence electrons. The molecule has 0 N–H and O–H groups in total. The molecule has 0 aliphatic rings. The maximum Gasteiger partial charge on any atom is 0.0148 e. The number of rotatable bonds is 5. The van der Waals surface area contributed by atoms with E-state index in [9.17, 15) is 0 Å². The van der Waals surface area contributed by atoms with Gasteiger partial charge in [0.25, 0.3) is 0 Å². The minimum atomic E-state index is 0.683. The maximum absolute atomic E-state index is 3.74. The Kier molecular flexibility index (Phi) is 5.38. The quantitative estimate of drug-likeness (QED) is 0.673. The first-order valence-electron chi connectivity index (χ1n) is 5.84. The van der Waals surface area contributed by atoms with Crippen LogP contribution in [0.3, 0.4) is 0 Å². The fourth-order valence-electron chi connectivity index (χ4n) is 1.85. The van der Waals surface area contributed by atoms with E-state index in [2.05, 4.69) is 54.9 Å². The van der Waals surface area contributed by atoms with E-state index in [0.29, 0.717) is 4.83 Å². The molecule has 0 aliphatic heterocycles. The first-order chi connectivity index (χ1) is 7.15. The summed E-state index contributed by atoms with van der Waals surface area (Å²) < 4.78 is 0. The van der Waals surface area contributed by atoms with E-state index >= 15 is 0 Å². The smallest absolute Gasteiger partial charge is 0.0148 e. The second kappa shape index (κ2) is 6.32. The van der Waals surface area contributed by atoms with Gasteiger partial charge in [-0.2, -0.15) is 0 Å². The molecular formula is C14H21Br. The lowest BCUT2D eigenvalue weighted by Crippen LogP contribution is -2.01. The molecule has 1 aromatic carbocycles. The zero-order valence-corrected chi connectivity index (χ0v) is 11.6. The topological polar surface area (TPSA) is 0 Å². The summed E-state index contributed by atoms with van der Waals surface area (Å²) in [4.78, 5) is 0.683. The standard InChI is InChI=1S/C14H21Br/c1-4-6-14(15)10-9-13-8-5-7-11(2)12(13)3/h5,7-8,14H,4,6,9-10H2,1-3H3. The zero-order chi connectivity index (χ0) is 11.3. The van der Waals surface area contributed by atoms with Crippen LogP contribution in [0.25, 0.3) is 0 Å². The molecule has 0 heterocycles. The third-order valence-corrected chi connectivity index (χ3v) is 3.96. The Hall–Kier alpha value is -0.300. The molecule has 1 heteroatoms. The average molecular weight is 269 g/mol. The summed E-state index contributed by atoms with van der Waals surface area (Å²) in [5, 5.41) is 0. The number of halogens is 1. The molecule has 0 spiro atoms. The lowest BCUT2D eigenvalue weighted by Gasteiger charge is -2.11. The fraction of sp³-hybridized carbons (Fsp3) is 0.571. The van der Waals surface area contributed by atoms with E-state index in [1.807, 2.05) is 0 Å². The van der Waals surface area contributed by atoms with Crippen molar-refractivity contribution in [3.63, 3.8) is 0 Å². The Morgan fingerprint density at radius 2 is 1.93 bits per heavy atom. The number of aryl methyl sites for hydroxylation is 2. The number of benzene rings is 1. The maximum atomic E-state index is 3.74. The van der Waals surface area contributed by atoms with Crippen molar-refractivity contribution in [3.8, 4) is 0 Å². The molecule has 1 atom stereocenters. The molecule has 1 rings (SSSR count). The lowest BCUT2D eigenvalue weighted by atomic mass is 9.98. The van der Waals surface area contributed by atoms with Crippen LogP contribution < -0.4 is 0 Å². The molecule has 0 amide bonds. The molecule has 15 heavy (non-hydrogen) atoms. The van der Waals surface area contributed by atoms with E-state index in [0.717, 1.165) is 0 Å². The van der Waals surface area contributed by atoms with Crippen molar-refractivity contribution in [1.29, 1.82) is 0 Å². The van der Waals surface area contributed by atoms with Crippen LogP contribution in [0.15, 0.2) is 18.2 Å². The Morgan fingerprint density at radius 1 is 1.20 bits per heavy atom. The van der Waals surface area contributed by atoms with Crippen molar-refractivity contribution in [2.24, 2.45) is 0 Å². The summed E-state index contributed by atoms with van der Waals surface area (Å²) in [5.74, 6) is 0. The molecule has 0 radical (unpaired) electrons. The zero-order valence-electron chi connectivity index (χ0n) is 10.0. The Balaban J connectivity index is 2.54. The van der Waals surface area contributed by atoms with Crippen molar-refractivity contribution < 1.29 is 0 Å². The lowest BCUT2D eigenvalue weighted by molar-refractivity contribution is 0.691. The van der Waals surface area contributed by atoms with Gasteiger partial charge in [-0.1, -0.05) is 47.5 Å². The molecule has 0 aromatic heterocycles. The molecular weight excluding hydrogens is 248 g/mol. The van der Waals surface area contributed by atoms with Gasteiger partial charge in [0.2, 0.25) is 0 Å². The van der Waals surface area contributed by atoms with Gasteiger partial charge in [-0.25, -0.2) is 0 Å². The molecule has 0 fully saturated rings. The van der Waals surface area contributed by atoms with Crippen molar-refractivity contribution in [2.45, 2.75) is 51.3 Å². The van der Waals surface area contributed by atoms with Gasteiger partial charge in [0.15, 0.2) is 0 Å². The van der Waals surface area contributed by atoms with Crippen LogP contribution >= 0.6 is 15.9 Å². The van der Waals surface area contributed by atoms with Gasteiger partial charge in [-0.05, 0) is 49.8 Å². The summed E-state index contributed by atoms with van der Waals surface area (Å²) in [7, 11) is 0. The second-order valence-electron chi connectivity index (χ2n) is 4.28. The van der Waals surface area contributed by atoms with Crippen LogP contribution in [0.2, 0.25) is 0 Å². The highest BCUT2D eigenvalue weighted by molar-refractivity contribution is 9.09. The van der Waals surface area contributed by atoms with Gasteiger partial charge in [0.05, 0.1) is 0 Å². The van der Waals surface area contributed by atoms with Crippen LogP contribution in [-0.4, -0.2) is 4.83 Å². The average Bonchev–Trinajstić information content (AvgIpc) is 2.21. The summed E-state index contributed by atoms with van der Waals surface area (Å²) in [6, 6.07) is 6.62. The molecule has 1 aromatic rings. The Labute approximate surface area is 102 Å². The largest absolute Gasteiger partial charge is 0.0891 e. The van der Waals surface area contributed by atoms with Crippen LogP contribution in [0.1, 0.15) is 42.9 Å². The highest BCUT2D eigenvalue weighted by Crippen LogP contribution is 2.19. The van der Waals surface area contributed by atoms with Crippen molar-refractivity contribution in [1.82, 2.24) is 0 Å². The van der Waals surface area contributed by atoms with Crippen LogP contribution in [0.4, 0.5) is 0 Å². The summed E-state index contributed by atoms with van der Waals surface area (Å²) in [6.45, 7) is 6.66. The Bertz CT molecular complexity index is 304. The minimum absolute atomic E-state index is 0.683. The SMILES string of the molecule is CCCC(Br)CCc1cccc(C)c1C. The molecule has 0 aliphatic carbocycles. The van der Waals surface area contributed by atoms with Crippen LogP contribution in [0, 0.1) is 13.8 Å². The summed E-state index contributed by atoms with van der Waals surface area (Å²) in [6.07, 6.45) is 5.00. The van der Waals surface area contributed by atoms with Gasteiger partial charge in [0.1, 0.15) is 0 Å². The minimum Gasteiger partial charge on any atom is -0.0891 e. The number of hydrogen-bond donors (Lipinski definition) is 0. The van der Waals surface area contributed by atoms with Gasteiger partial charge in [-0.3, -0.25) is 0 Å². The third-order valence-electron chi connectivity index (χ3n) is 3.05. The second-order valence-corrected chi connectivity index (χ2v) is 5.58. The van der Waals surface area contributed by atoms with E-state index in [1.54, 1.807) is 0 Å². The normalized spacial score (nSPS) is 12.8. The number of alkyl halides is 1.